The Bertz CT molecular complexity index is 634. The number of amides is 1. The predicted octanol–water partition coefficient (Wildman–Crippen LogP) is 1.51. The first kappa shape index (κ1) is 12.3. The number of hydrogen-bond acceptors (Lipinski definition) is 4. The van der Waals surface area contributed by atoms with Crippen molar-refractivity contribution in [1.82, 2.24) is 20.0 Å². The normalized spacial score (nSPS) is 28.9. The average Bonchev–Trinajstić information content (AvgIpc) is 3.16. The summed E-state index contributed by atoms with van der Waals surface area (Å²) in [5.74, 6) is 1.55. The summed E-state index contributed by atoms with van der Waals surface area (Å²) in [7, 11) is 0. The third-order valence-corrected chi connectivity index (χ3v) is 5.51. The van der Waals surface area contributed by atoms with Gasteiger partial charge in [-0.1, -0.05) is 6.42 Å². The molecular formula is C14H18N4OS. The predicted molar refractivity (Wildman–Crippen MR) is 78.0 cm³/mol. The summed E-state index contributed by atoms with van der Waals surface area (Å²) in [6.07, 6.45) is 7.55. The number of thiazole rings is 1. The van der Waals surface area contributed by atoms with E-state index in [9.17, 15) is 4.79 Å². The minimum absolute atomic E-state index is 0.0286. The van der Waals surface area contributed by atoms with E-state index < -0.39 is 0 Å². The lowest BCUT2D eigenvalue weighted by molar-refractivity contribution is 0.0942. The highest BCUT2D eigenvalue weighted by molar-refractivity contribution is 7.15. The molecule has 3 heterocycles. The van der Waals surface area contributed by atoms with Crippen molar-refractivity contribution in [3.05, 3.63) is 23.5 Å². The highest BCUT2D eigenvalue weighted by Gasteiger charge is 2.38. The Balaban J connectivity index is 1.42. The molecule has 6 heteroatoms. The summed E-state index contributed by atoms with van der Waals surface area (Å²) in [4.78, 5) is 17.4. The summed E-state index contributed by atoms with van der Waals surface area (Å²) in [6, 6.07) is 0.442. The molecule has 2 aliphatic rings. The molecule has 1 aliphatic carbocycles. The van der Waals surface area contributed by atoms with E-state index in [2.05, 4.69) is 15.6 Å². The van der Waals surface area contributed by atoms with E-state index in [-0.39, 0.29) is 5.91 Å². The fraction of sp³-hybridized carbons (Fsp3) is 0.571. The van der Waals surface area contributed by atoms with Crippen LogP contribution < -0.4 is 10.6 Å². The van der Waals surface area contributed by atoms with Gasteiger partial charge >= 0.3 is 0 Å². The van der Waals surface area contributed by atoms with Crippen LogP contribution in [-0.4, -0.2) is 34.4 Å². The van der Waals surface area contributed by atoms with E-state index in [1.165, 1.54) is 19.3 Å². The number of nitrogens with zero attached hydrogens (tertiary/aromatic N) is 2. The van der Waals surface area contributed by atoms with Crippen molar-refractivity contribution in [2.45, 2.75) is 25.3 Å². The zero-order valence-corrected chi connectivity index (χ0v) is 12.0. The molecule has 0 spiro atoms. The van der Waals surface area contributed by atoms with Crippen molar-refractivity contribution < 1.29 is 4.79 Å². The summed E-state index contributed by atoms with van der Waals surface area (Å²) < 4.78 is 1.85. The fourth-order valence-electron chi connectivity index (χ4n) is 3.71. The first-order valence-corrected chi connectivity index (χ1v) is 8.13. The molecule has 1 amide bonds. The van der Waals surface area contributed by atoms with Crippen LogP contribution in [-0.2, 0) is 0 Å². The second kappa shape index (κ2) is 4.86. The van der Waals surface area contributed by atoms with E-state index >= 15 is 0 Å². The Morgan fingerprint density at radius 1 is 1.55 bits per heavy atom. The minimum atomic E-state index is -0.0286. The third kappa shape index (κ3) is 1.94. The van der Waals surface area contributed by atoms with Gasteiger partial charge in [0.05, 0.1) is 6.20 Å². The van der Waals surface area contributed by atoms with Crippen LogP contribution in [0, 0.1) is 11.8 Å². The quantitative estimate of drug-likeness (QED) is 0.901. The van der Waals surface area contributed by atoms with Gasteiger partial charge in [-0.05, 0) is 31.2 Å². The lowest BCUT2D eigenvalue weighted by Crippen LogP contribution is -2.40. The highest BCUT2D eigenvalue weighted by Crippen LogP contribution is 2.37. The van der Waals surface area contributed by atoms with E-state index in [4.69, 9.17) is 0 Å². The molecule has 4 rings (SSSR count). The van der Waals surface area contributed by atoms with Gasteiger partial charge in [-0.15, -0.1) is 11.3 Å². The fourth-order valence-corrected chi connectivity index (χ4v) is 4.41. The lowest BCUT2D eigenvalue weighted by Gasteiger charge is -2.18. The third-order valence-electron chi connectivity index (χ3n) is 4.74. The molecule has 3 atom stereocenters. The van der Waals surface area contributed by atoms with Crippen molar-refractivity contribution >= 4 is 22.2 Å². The molecule has 2 N–H and O–H groups in total. The van der Waals surface area contributed by atoms with Crippen LogP contribution in [0.4, 0.5) is 0 Å². The van der Waals surface area contributed by atoms with Gasteiger partial charge in [-0.2, -0.15) is 0 Å². The molecule has 0 aromatic carbocycles. The van der Waals surface area contributed by atoms with Crippen molar-refractivity contribution in [3.63, 3.8) is 0 Å². The topological polar surface area (TPSA) is 58.4 Å². The van der Waals surface area contributed by atoms with E-state index in [1.807, 2.05) is 16.0 Å². The van der Waals surface area contributed by atoms with Gasteiger partial charge in [0.15, 0.2) is 4.96 Å². The number of fused-ring (bicyclic) bond motifs is 2. The van der Waals surface area contributed by atoms with Crippen LogP contribution in [0.1, 0.15) is 29.8 Å². The molecule has 1 aliphatic heterocycles. The second-order valence-electron chi connectivity index (χ2n) is 5.78. The van der Waals surface area contributed by atoms with E-state index in [0.717, 1.165) is 29.9 Å². The smallest absolute Gasteiger partial charge is 0.270 e. The maximum atomic E-state index is 12.3. The summed E-state index contributed by atoms with van der Waals surface area (Å²) >= 11 is 1.54. The molecule has 1 saturated heterocycles. The summed E-state index contributed by atoms with van der Waals surface area (Å²) in [6.45, 7) is 1.84. The summed E-state index contributed by atoms with van der Waals surface area (Å²) in [5, 5.41) is 8.57. The van der Waals surface area contributed by atoms with Gasteiger partial charge in [0.1, 0.15) is 5.69 Å². The number of carbonyl (C=O) groups is 1. The first-order valence-electron chi connectivity index (χ1n) is 7.25. The van der Waals surface area contributed by atoms with Crippen molar-refractivity contribution in [3.8, 4) is 0 Å². The number of carbonyl (C=O) groups excluding carboxylic acids is 1. The second-order valence-corrected chi connectivity index (χ2v) is 6.65. The number of rotatable bonds is 3. The maximum absolute atomic E-state index is 12.3. The minimum Gasteiger partial charge on any atom is -0.349 e. The molecule has 2 aromatic rings. The van der Waals surface area contributed by atoms with Crippen LogP contribution in [0.25, 0.3) is 4.96 Å². The van der Waals surface area contributed by atoms with Crippen molar-refractivity contribution in [2.24, 2.45) is 11.8 Å². The zero-order chi connectivity index (χ0) is 13.5. The zero-order valence-electron chi connectivity index (χ0n) is 11.2. The number of nitrogens with one attached hydrogen (secondary N) is 2. The van der Waals surface area contributed by atoms with Gasteiger partial charge in [-0.25, -0.2) is 4.98 Å². The lowest BCUT2D eigenvalue weighted by atomic mass is 9.94. The highest BCUT2D eigenvalue weighted by atomic mass is 32.1. The van der Waals surface area contributed by atoms with E-state index in [0.29, 0.717) is 11.7 Å². The largest absolute Gasteiger partial charge is 0.349 e. The molecule has 106 valence electrons. The molecule has 2 aromatic heterocycles. The maximum Gasteiger partial charge on any atom is 0.270 e. The van der Waals surface area contributed by atoms with Crippen molar-refractivity contribution in [1.29, 1.82) is 0 Å². The van der Waals surface area contributed by atoms with Gasteiger partial charge in [0, 0.05) is 24.2 Å². The van der Waals surface area contributed by atoms with Crippen LogP contribution in [0.2, 0.25) is 0 Å². The number of aromatic nitrogens is 2. The standard InChI is InChI=1S/C14H18N4OS/c19-13(12-8-17-14-18(12)4-5-20-14)16-7-11-10-3-1-2-9(10)6-15-11/h4-5,8-11,15H,1-3,6-7H2,(H,16,19)/t9-,10-,11+/m0/s1. The Morgan fingerprint density at radius 2 is 2.50 bits per heavy atom. The van der Waals surface area contributed by atoms with Gasteiger partial charge < -0.3 is 10.6 Å². The van der Waals surface area contributed by atoms with Gasteiger partial charge in [0.2, 0.25) is 0 Å². The number of hydrogen-bond donors (Lipinski definition) is 2. The van der Waals surface area contributed by atoms with Crippen LogP contribution in [0.3, 0.4) is 0 Å². The molecule has 5 nitrogen and oxygen atoms in total. The Kier molecular flexibility index (Phi) is 3.00. The summed E-state index contributed by atoms with van der Waals surface area (Å²) in [5.41, 5.74) is 0.627. The van der Waals surface area contributed by atoms with Crippen LogP contribution in [0.15, 0.2) is 17.8 Å². The monoisotopic (exact) mass is 290 g/mol. The van der Waals surface area contributed by atoms with Gasteiger partial charge in [0.25, 0.3) is 5.91 Å². The van der Waals surface area contributed by atoms with Crippen LogP contribution >= 0.6 is 11.3 Å². The first-order chi connectivity index (χ1) is 9.83. The molecule has 20 heavy (non-hydrogen) atoms. The molecular weight excluding hydrogens is 272 g/mol. The van der Waals surface area contributed by atoms with Gasteiger partial charge in [-0.3, -0.25) is 9.20 Å². The molecule has 2 fully saturated rings. The molecule has 0 bridgehead atoms. The van der Waals surface area contributed by atoms with Crippen LogP contribution in [0.5, 0.6) is 0 Å². The molecule has 0 unspecified atom stereocenters. The van der Waals surface area contributed by atoms with E-state index in [1.54, 1.807) is 17.5 Å². The Labute approximate surface area is 121 Å². The SMILES string of the molecule is O=C(NC[C@H]1NC[C@@H]2CCC[C@@H]21)c1cnc2sccn12. The Morgan fingerprint density at radius 3 is 3.45 bits per heavy atom. The number of imidazole rings is 1. The molecule has 0 radical (unpaired) electrons. The van der Waals surface area contributed by atoms with Crippen molar-refractivity contribution in [2.75, 3.05) is 13.1 Å². The molecule has 1 saturated carbocycles. The Hall–Kier alpha value is -1.40. The average molecular weight is 290 g/mol.